The summed E-state index contributed by atoms with van der Waals surface area (Å²) in [4.78, 5) is 25.0. The standard InChI is InChI=1S/C11H11N9S/c1-7-4-14-10(15-5-7)21-11-17-8(19-12)16-9(18-11)20-3-2-13-6-20/h2-6H,12H2,1H3,(H,16,17,18,19). The van der Waals surface area contributed by atoms with E-state index in [4.69, 9.17) is 5.84 Å². The second kappa shape index (κ2) is 5.81. The first kappa shape index (κ1) is 13.4. The maximum Gasteiger partial charge on any atom is 0.242 e. The zero-order valence-electron chi connectivity index (χ0n) is 11.0. The highest BCUT2D eigenvalue weighted by molar-refractivity contribution is 7.99. The van der Waals surface area contributed by atoms with Crippen molar-refractivity contribution in [1.29, 1.82) is 0 Å². The van der Waals surface area contributed by atoms with Crippen molar-refractivity contribution in [3.63, 3.8) is 0 Å². The minimum absolute atomic E-state index is 0.253. The molecule has 106 valence electrons. The molecule has 10 heteroatoms. The summed E-state index contributed by atoms with van der Waals surface area (Å²) < 4.78 is 1.66. The summed E-state index contributed by atoms with van der Waals surface area (Å²) in [5.74, 6) is 6.05. The summed E-state index contributed by atoms with van der Waals surface area (Å²) in [5, 5.41) is 0.983. The van der Waals surface area contributed by atoms with Gasteiger partial charge in [-0.1, -0.05) is 0 Å². The maximum atomic E-state index is 5.39. The third kappa shape index (κ3) is 3.12. The van der Waals surface area contributed by atoms with Crippen LogP contribution in [0.2, 0.25) is 0 Å². The van der Waals surface area contributed by atoms with E-state index >= 15 is 0 Å². The molecular weight excluding hydrogens is 290 g/mol. The fourth-order valence-corrected chi connectivity index (χ4v) is 2.10. The molecule has 0 saturated heterocycles. The van der Waals surface area contributed by atoms with Gasteiger partial charge in [-0.3, -0.25) is 9.99 Å². The average molecular weight is 301 g/mol. The van der Waals surface area contributed by atoms with Gasteiger partial charge in [-0.15, -0.1) is 0 Å². The van der Waals surface area contributed by atoms with Crippen LogP contribution in [0.5, 0.6) is 0 Å². The van der Waals surface area contributed by atoms with Crippen LogP contribution in [0.25, 0.3) is 5.95 Å². The number of hydrogen-bond acceptors (Lipinski definition) is 9. The van der Waals surface area contributed by atoms with E-state index in [-0.39, 0.29) is 5.95 Å². The molecule has 3 N–H and O–H groups in total. The minimum Gasteiger partial charge on any atom is -0.292 e. The summed E-state index contributed by atoms with van der Waals surface area (Å²) in [6.07, 6.45) is 8.42. The summed E-state index contributed by atoms with van der Waals surface area (Å²) in [7, 11) is 0. The van der Waals surface area contributed by atoms with Gasteiger partial charge in [0, 0.05) is 24.8 Å². The summed E-state index contributed by atoms with van der Waals surface area (Å²) in [6, 6.07) is 0. The third-order valence-electron chi connectivity index (χ3n) is 2.41. The molecule has 0 aliphatic rings. The fraction of sp³-hybridized carbons (Fsp3) is 0.0909. The zero-order valence-corrected chi connectivity index (χ0v) is 11.8. The highest BCUT2D eigenvalue weighted by Crippen LogP contribution is 2.21. The quantitative estimate of drug-likeness (QED) is 0.405. The lowest BCUT2D eigenvalue weighted by Gasteiger charge is -2.05. The second-order valence-corrected chi connectivity index (χ2v) is 4.94. The molecule has 0 bridgehead atoms. The first-order valence-electron chi connectivity index (χ1n) is 5.92. The van der Waals surface area contributed by atoms with Gasteiger partial charge in [0.1, 0.15) is 6.33 Å². The Morgan fingerprint density at radius 2 is 1.95 bits per heavy atom. The van der Waals surface area contributed by atoms with Crippen LogP contribution < -0.4 is 11.3 Å². The van der Waals surface area contributed by atoms with Crippen molar-refractivity contribution in [1.82, 2.24) is 34.5 Å². The van der Waals surface area contributed by atoms with Crippen LogP contribution >= 0.6 is 11.8 Å². The van der Waals surface area contributed by atoms with Gasteiger partial charge in [-0.2, -0.15) is 15.0 Å². The summed E-state index contributed by atoms with van der Waals surface area (Å²) in [6.45, 7) is 1.92. The van der Waals surface area contributed by atoms with Gasteiger partial charge in [0.2, 0.25) is 17.1 Å². The molecule has 9 nitrogen and oxygen atoms in total. The number of imidazole rings is 1. The normalized spacial score (nSPS) is 10.6. The van der Waals surface area contributed by atoms with Crippen molar-refractivity contribution >= 4 is 17.7 Å². The Kier molecular flexibility index (Phi) is 3.71. The van der Waals surface area contributed by atoms with E-state index in [0.717, 1.165) is 5.56 Å². The van der Waals surface area contributed by atoms with Crippen LogP contribution in [0, 0.1) is 6.92 Å². The maximum absolute atomic E-state index is 5.39. The third-order valence-corrected chi connectivity index (χ3v) is 3.17. The van der Waals surface area contributed by atoms with Gasteiger partial charge < -0.3 is 0 Å². The Labute approximate surface area is 124 Å². The number of rotatable bonds is 4. The van der Waals surface area contributed by atoms with Crippen LogP contribution in [0.4, 0.5) is 5.95 Å². The van der Waals surface area contributed by atoms with Gasteiger partial charge in [0.05, 0.1) is 0 Å². The average Bonchev–Trinajstić information content (AvgIpc) is 3.04. The largest absolute Gasteiger partial charge is 0.292 e. The Morgan fingerprint density at radius 3 is 2.62 bits per heavy atom. The van der Waals surface area contributed by atoms with Gasteiger partial charge in [0.15, 0.2) is 5.16 Å². The molecule has 0 amide bonds. The molecule has 0 fully saturated rings. The lowest BCUT2D eigenvalue weighted by molar-refractivity contribution is 0.820. The number of aromatic nitrogens is 7. The molecule has 0 aliphatic carbocycles. The van der Waals surface area contributed by atoms with Gasteiger partial charge in [0.25, 0.3) is 0 Å². The van der Waals surface area contributed by atoms with Crippen LogP contribution in [0.15, 0.2) is 41.4 Å². The molecule has 0 spiro atoms. The number of hydrogen-bond donors (Lipinski definition) is 2. The number of anilines is 1. The monoisotopic (exact) mass is 301 g/mol. The molecule has 0 saturated carbocycles. The Hall–Kier alpha value is -2.59. The number of nitrogens with two attached hydrogens (primary N) is 1. The number of aryl methyl sites for hydroxylation is 1. The number of nitrogens with one attached hydrogen (secondary N) is 1. The second-order valence-electron chi connectivity index (χ2n) is 4.00. The Morgan fingerprint density at radius 1 is 1.14 bits per heavy atom. The molecule has 3 aromatic rings. The van der Waals surface area contributed by atoms with Crippen LogP contribution in [0.3, 0.4) is 0 Å². The lowest BCUT2D eigenvalue weighted by Crippen LogP contribution is -2.13. The molecule has 0 aromatic carbocycles. The first-order valence-corrected chi connectivity index (χ1v) is 6.74. The van der Waals surface area contributed by atoms with Crippen molar-refractivity contribution in [3.05, 3.63) is 36.7 Å². The highest BCUT2D eigenvalue weighted by atomic mass is 32.2. The van der Waals surface area contributed by atoms with E-state index in [9.17, 15) is 0 Å². The van der Waals surface area contributed by atoms with E-state index < -0.39 is 0 Å². The van der Waals surface area contributed by atoms with Crippen molar-refractivity contribution in [3.8, 4) is 5.95 Å². The smallest absolute Gasteiger partial charge is 0.242 e. The zero-order chi connectivity index (χ0) is 14.7. The molecule has 0 atom stereocenters. The first-order chi connectivity index (χ1) is 10.2. The van der Waals surface area contributed by atoms with E-state index in [1.165, 1.54) is 11.8 Å². The van der Waals surface area contributed by atoms with E-state index in [1.54, 1.807) is 35.7 Å². The predicted octanol–water partition coefficient (Wildman–Crippen LogP) is 0.593. The van der Waals surface area contributed by atoms with Crippen molar-refractivity contribution in [2.45, 2.75) is 17.2 Å². The number of nitrogens with zero attached hydrogens (tertiary/aromatic N) is 7. The lowest BCUT2D eigenvalue weighted by atomic mass is 10.4. The van der Waals surface area contributed by atoms with E-state index in [1.807, 2.05) is 6.92 Å². The minimum atomic E-state index is 0.253. The van der Waals surface area contributed by atoms with Gasteiger partial charge in [-0.05, 0) is 24.2 Å². The molecule has 0 radical (unpaired) electrons. The van der Waals surface area contributed by atoms with Crippen molar-refractivity contribution in [2.24, 2.45) is 5.84 Å². The summed E-state index contributed by atoms with van der Waals surface area (Å²) in [5.41, 5.74) is 3.40. The Bertz CT molecular complexity index is 726. The number of hydrazine groups is 1. The van der Waals surface area contributed by atoms with E-state index in [2.05, 4.69) is 35.3 Å². The van der Waals surface area contributed by atoms with Gasteiger partial charge >= 0.3 is 0 Å². The topological polar surface area (TPSA) is 120 Å². The predicted molar refractivity (Wildman–Crippen MR) is 75.7 cm³/mol. The summed E-state index contributed by atoms with van der Waals surface area (Å²) >= 11 is 1.22. The molecule has 21 heavy (non-hydrogen) atoms. The molecule has 3 rings (SSSR count). The molecule has 3 aromatic heterocycles. The molecule has 3 heterocycles. The van der Waals surface area contributed by atoms with Crippen LogP contribution in [-0.4, -0.2) is 34.5 Å². The van der Waals surface area contributed by atoms with Crippen LogP contribution in [-0.2, 0) is 0 Å². The van der Waals surface area contributed by atoms with Crippen LogP contribution in [0.1, 0.15) is 5.56 Å². The van der Waals surface area contributed by atoms with E-state index in [0.29, 0.717) is 16.3 Å². The molecule has 0 unspecified atom stereocenters. The molecular formula is C11H11N9S. The van der Waals surface area contributed by atoms with Crippen molar-refractivity contribution < 1.29 is 0 Å². The molecule has 0 aliphatic heterocycles. The SMILES string of the molecule is Cc1cnc(Sc2nc(NN)nc(-n3ccnc3)n2)nc1. The highest BCUT2D eigenvalue weighted by Gasteiger charge is 2.10. The van der Waals surface area contributed by atoms with Gasteiger partial charge in [-0.25, -0.2) is 20.8 Å². The number of nitrogen functional groups attached to an aromatic ring is 1. The fourth-order valence-electron chi connectivity index (χ4n) is 1.46. The van der Waals surface area contributed by atoms with Crippen molar-refractivity contribution in [2.75, 3.05) is 5.43 Å². The Balaban J connectivity index is 1.94.